The fraction of sp³-hybridized carbons (Fsp3) is 0.417. The van der Waals surface area contributed by atoms with Gasteiger partial charge in [-0.25, -0.2) is 0 Å². The zero-order chi connectivity index (χ0) is 13.0. The lowest BCUT2D eigenvalue weighted by atomic mass is 10.0. The molecule has 0 aliphatic heterocycles. The Labute approximate surface area is 109 Å². The van der Waals surface area contributed by atoms with Crippen molar-refractivity contribution in [3.05, 3.63) is 28.2 Å². The molecule has 0 aromatic heterocycles. The van der Waals surface area contributed by atoms with Crippen molar-refractivity contribution in [2.45, 2.75) is 26.4 Å². The molecule has 0 fully saturated rings. The first kappa shape index (κ1) is 14.0. The van der Waals surface area contributed by atoms with E-state index in [0.717, 1.165) is 10.0 Å². The highest BCUT2D eigenvalue weighted by Crippen LogP contribution is 2.21. The second kappa shape index (κ2) is 6.02. The normalized spacial score (nSPS) is 12.7. The van der Waals surface area contributed by atoms with Crippen molar-refractivity contribution < 1.29 is 9.90 Å². The maximum atomic E-state index is 11.2. The molecule has 1 rings (SSSR count). The maximum Gasteiger partial charge on any atom is 0.234 e. The minimum atomic E-state index is -0.395. The Balaban J connectivity index is 2.72. The number of aromatic hydroxyl groups is 1. The molecule has 4 N–H and O–H groups in total. The number of benzene rings is 1. The van der Waals surface area contributed by atoms with Crippen molar-refractivity contribution >= 4 is 21.8 Å². The second-order valence-corrected chi connectivity index (χ2v) is 5.19. The van der Waals surface area contributed by atoms with Crippen LogP contribution in [0.15, 0.2) is 22.7 Å². The predicted octanol–water partition coefficient (Wildman–Crippen LogP) is 1.75. The summed E-state index contributed by atoms with van der Waals surface area (Å²) in [7, 11) is 0. The summed E-state index contributed by atoms with van der Waals surface area (Å²) in [5, 5.41) is 12.7. The minimum absolute atomic E-state index is 0.113. The van der Waals surface area contributed by atoms with Gasteiger partial charge >= 0.3 is 0 Å². The van der Waals surface area contributed by atoms with Crippen LogP contribution in [-0.2, 0) is 11.3 Å². The molecule has 1 unspecified atom stereocenters. The summed E-state index contributed by atoms with van der Waals surface area (Å²) in [6, 6.07) is 4.77. The van der Waals surface area contributed by atoms with Gasteiger partial charge in [-0.3, -0.25) is 4.79 Å². The number of carbonyl (C=O) groups is 1. The highest BCUT2D eigenvalue weighted by molar-refractivity contribution is 9.10. The van der Waals surface area contributed by atoms with E-state index in [9.17, 15) is 9.90 Å². The Hall–Kier alpha value is -1.07. The Bertz CT molecular complexity index is 407. The summed E-state index contributed by atoms with van der Waals surface area (Å²) in [6.07, 6.45) is 0. The van der Waals surface area contributed by atoms with E-state index in [-0.39, 0.29) is 17.6 Å². The van der Waals surface area contributed by atoms with Crippen molar-refractivity contribution in [2.75, 3.05) is 0 Å². The van der Waals surface area contributed by atoms with E-state index < -0.39 is 6.04 Å². The highest BCUT2D eigenvalue weighted by Gasteiger charge is 2.18. The van der Waals surface area contributed by atoms with Gasteiger partial charge in [0, 0.05) is 16.6 Å². The van der Waals surface area contributed by atoms with Gasteiger partial charge in [0.2, 0.25) is 5.91 Å². The zero-order valence-corrected chi connectivity index (χ0v) is 11.5. The molecule has 94 valence electrons. The number of primary amides is 1. The van der Waals surface area contributed by atoms with Gasteiger partial charge in [0.25, 0.3) is 0 Å². The van der Waals surface area contributed by atoms with E-state index in [2.05, 4.69) is 21.2 Å². The minimum Gasteiger partial charge on any atom is -0.508 e. The molecule has 0 bridgehead atoms. The number of rotatable bonds is 5. The SMILES string of the molecule is CC(C)C(NCc1cc(Br)ccc1O)C(N)=O. The summed E-state index contributed by atoms with van der Waals surface area (Å²) in [4.78, 5) is 11.2. The predicted molar refractivity (Wildman–Crippen MR) is 70.5 cm³/mol. The summed E-state index contributed by atoms with van der Waals surface area (Å²) in [5.41, 5.74) is 6.02. The van der Waals surface area contributed by atoms with E-state index >= 15 is 0 Å². The van der Waals surface area contributed by atoms with Crippen LogP contribution < -0.4 is 11.1 Å². The third-order valence-corrected chi connectivity index (χ3v) is 3.02. The first-order valence-corrected chi connectivity index (χ1v) is 6.21. The lowest BCUT2D eigenvalue weighted by molar-refractivity contribution is -0.121. The molecule has 0 heterocycles. The number of carbonyl (C=O) groups excluding carboxylic acids is 1. The fourth-order valence-electron chi connectivity index (χ4n) is 1.58. The van der Waals surface area contributed by atoms with Crippen molar-refractivity contribution in [3.63, 3.8) is 0 Å². The summed E-state index contributed by atoms with van der Waals surface area (Å²) in [5.74, 6) is -0.0658. The highest BCUT2D eigenvalue weighted by atomic mass is 79.9. The van der Waals surface area contributed by atoms with Gasteiger partial charge in [-0.05, 0) is 24.1 Å². The molecule has 17 heavy (non-hydrogen) atoms. The molecule has 0 aliphatic rings. The summed E-state index contributed by atoms with van der Waals surface area (Å²) >= 11 is 3.33. The summed E-state index contributed by atoms with van der Waals surface area (Å²) in [6.45, 7) is 4.24. The smallest absolute Gasteiger partial charge is 0.234 e. The van der Waals surface area contributed by atoms with Crippen LogP contribution in [0, 0.1) is 5.92 Å². The van der Waals surface area contributed by atoms with Crippen LogP contribution in [0.2, 0.25) is 0 Å². The number of phenols is 1. The monoisotopic (exact) mass is 300 g/mol. The average molecular weight is 301 g/mol. The van der Waals surface area contributed by atoms with Gasteiger partial charge in [-0.15, -0.1) is 0 Å². The molecule has 0 saturated carbocycles. The summed E-state index contributed by atoms with van der Waals surface area (Å²) < 4.78 is 0.882. The first-order valence-electron chi connectivity index (χ1n) is 5.42. The Kier molecular flexibility index (Phi) is 4.96. The van der Waals surface area contributed by atoms with E-state index in [1.165, 1.54) is 0 Å². The van der Waals surface area contributed by atoms with Crippen LogP contribution in [0.1, 0.15) is 19.4 Å². The molecule has 5 heteroatoms. The lowest BCUT2D eigenvalue weighted by Crippen LogP contribution is -2.44. The third kappa shape index (κ3) is 4.02. The number of phenolic OH excluding ortho intramolecular Hbond substituents is 1. The number of hydrogen-bond acceptors (Lipinski definition) is 3. The van der Waals surface area contributed by atoms with Gasteiger partial charge in [-0.1, -0.05) is 29.8 Å². The van der Waals surface area contributed by atoms with Crippen molar-refractivity contribution in [3.8, 4) is 5.75 Å². The van der Waals surface area contributed by atoms with Gasteiger partial charge in [-0.2, -0.15) is 0 Å². The lowest BCUT2D eigenvalue weighted by Gasteiger charge is -2.19. The van der Waals surface area contributed by atoms with E-state index in [4.69, 9.17) is 5.73 Å². The molecule has 1 atom stereocenters. The van der Waals surface area contributed by atoms with Crippen LogP contribution in [0.5, 0.6) is 5.75 Å². The van der Waals surface area contributed by atoms with Gasteiger partial charge < -0.3 is 16.2 Å². The van der Waals surface area contributed by atoms with Gasteiger partial charge in [0.05, 0.1) is 6.04 Å². The van der Waals surface area contributed by atoms with Crippen LogP contribution >= 0.6 is 15.9 Å². The molecular weight excluding hydrogens is 284 g/mol. The fourth-order valence-corrected chi connectivity index (χ4v) is 1.99. The zero-order valence-electron chi connectivity index (χ0n) is 9.90. The van der Waals surface area contributed by atoms with Crippen LogP contribution in [-0.4, -0.2) is 17.1 Å². The number of halogens is 1. The Morgan fingerprint density at radius 3 is 2.71 bits per heavy atom. The molecular formula is C12H17BrN2O2. The number of hydrogen-bond donors (Lipinski definition) is 3. The van der Waals surface area contributed by atoms with Gasteiger partial charge in [0.1, 0.15) is 5.75 Å². The Morgan fingerprint density at radius 2 is 2.18 bits per heavy atom. The molecule has 1 amide bonds. The van der Waals surface area contributed by atoms with Crippen LogP contribution in [0.3, 0.4) is 0 Å². The van der Waals surface area contributed by atoms with Gasteiger partial charge in [0.15, 0.2) is 0 Å². The van der Waals surface area contributed by atoms with E-state index in [0.29, 0.717) is 6.54 Å². The molecule has 0 radical (unpaired) electrons. The third-order valence-electron chi connectivity index (χ3n) is 2.53. The van der Waals surface area contributed by atoms with Crippen molar-refractivity contribution in [2.24, 2.45) is 11.7 Å². The van der Waals surface area contributed by atoms with Crippen LogP contribution in [0.25, 0.3) is 0 Å². The molecule has 1 aromatic carbocycles. The number of nitrogens with one attached hydrogen (secondary N) is 1. The molecule has 1 aromatic rings. The number of amides is 1. The maximum absolute atomic E-state index is 11.2. The average Bonchev–Trinajstić information content (AvgIpc) is 2.22. The topological polar surface area (TPSA) is 75.3 Å². The standard InChI is InChI=1S/C12H17BrN2O2/c1-7(2)11(12(14)17)15-6-8-5-9(13)3-4-10(8)16/h3-5,7,11,15-16H,6H2,1-2H3,(H2,14,17). The number of nitrogens with two attached hydrogens (primary N) is 1. The van der Waals surface area contributed by atoms with Crippen molar-refractivity contribution in [1.82, 2.24) is 5.32 Å². The van der Waals surface area contributed by atoms with E-state index in [1.807, 2.05) is 13.8 Å². The Morgan fingerprint density at radius 1 is 1.53 bits per heavy atom. The van der Waals surface area contributed by atoms with Crippen molar-refractivity contribution in [1.29, 1.82) is 0 Å². The quantitative estimate of drug-likeness (QED) is 0.775. The molecule has 0 aliphatic carbocycles. The van der Waals surface area contributed by atoms with Crippen LogP contribution in [0.4, 0.5) is 0 Å². The molecule has 0 spiro atoms. The molecule has 4 nitrogen and oxygen atoms in total. The second-order valence-electron chi connectivity index (χ2n) is 4.28. The van der Waals surface area contributed by atoms with E-state index in [1.54, 1.807) is 18.2 Å². The first-order chi connectivity index (χ1) is 7.91. The molecule has 0 saturated heterocycles. The largest absolute Gasteiger partial charge is 0.508 e.